The molecule has 0 aromatic carbocycles. The van der Waals surface area contributed by atoms with Crippen LogP contribution in [0.2, 0.25) is 0 Å². The second-order valence-electron chi connectivity index (χ2n) is 3.65. The molecule has 1 unspecified atom stereocenters. The van der Waals surface area contributed by atoms with E-state index in [0.29, 0.717) is 5.92 Å². The molecule has 70 valence electrons. The summed E-state index contributed by atoms with van der Waals surface area (Å²) >= 11 is 3.40. The summed E-state index contributed by atoms with van der Waals surface area (Å²) in [7, 11) is 0. The van der Waals surface area contributed by atoms with Gasteiger partial charge in [0.25, 0.3) is 0 Å². The molecule has 1 aliphatic carbocycles. The van der Waals surface area contributed by atoms with Crippen LogP contribution in [0.4, 0.5) is 0 Å². The predicted molar refractivity (Wildman–Crippen MR) is 56.2 cm³/mol. The zero-order valence-electron chi connectivity index (χ0n) is 7.41. The molecular weight excluding hydrogens is 228 g/mol. The first-order valence-corrected chi connectivity index (χ1v) is 5.42. The molecule has 0 amide bonds. The van der Waals surface area contributed by atoms with Gasteiger partial charge in [-0.15, -0.1) is 0 Å². The fourth-order valence-electron chi connectivity index (χ4n) is 1.68. The van der Waals surface area contributed by atoms with Crippen LogP contribution in [0, 0.1) is 5.92 Å². The minimum Gasteiger partial charge on any atom is -0.324 e. The van der Waals surface area contributed by atoms with Crippen LogP contribution in [0.25, 0.3) is 0 Å². The molecule has 1 saturated carbocycles. The summed E-state index contributed by atoms with van der Waals surface area (Å²) in [5.74, 6) is 0.677. The summed E-state index contributed by atoms with van der Waals surface area (Å²) in [6, 6.07) is 2.24. The average Bonchev–Trinajstić information content (AvgIpc) is 2.01. The molecule has 1 aliphatic rings. The average molecular weight is 241 g/mol. The molecule has 1 aromatic heterocycles. The van der Waals surface area contributed by atoms with Gasteiger partial charge in [-0.05, 0) is 46.3 Å². The number of nitrogens with two attached hydrogens (primary N) is 1. The number of rotatable bonds is 2. The lowest BCUT2D eigenvalue weighted by Crippen LogP contribution is -2.26. The SMILES string of the molecule is NC(c1cncc(Br)c1)C1CCC1. The van der Waals surface area contributed by atoms with Crippen molar-refractivity contribution >= 4 is 15.9 Å². The highest BCUT2D eigenvalue weighted by atomic mass is 79.9. The molecule has 2 rings (SSSR count). The summed E-state index contributed by atoms with van der Waals surface area (Å²) in [6.45, 7) is 0. The molecule has 2 N–H and O–H groups in total. The number of hydrogen-bond acceptors (Lipinski definition) is 2. The molecule has 1 fully saturated rings. The molecule has 13 heavy (non-hydrogen) atoms. The highest BCUT2D eigenvalue weighted by Crippen LogP contribution is 2.36. The Balaban J connectivity index is 2.14. The summed E-state index contributed by atoms with van der Waals surface area (Å²) in [6.07, 6.45) is 7.53. The van der Waals surface area contributed by atoms with Crippen LogP contribution in [0.1, 0.15) is 30.9 Å². The lowest BCUT2D eigenvalue weighted by atomic mass is 9.78. The first kappa shape index (κ1) is 9.16. The third kappa shape index (κ3) is 1.92. The fraction of sp³-hybridized carbons (Fsp3) is 0.500. The van der Waals surface area contributed by atoms with Crippen LogP contribution < -0.4 is 5.73 Å². The van der Waals surface area contributed by atoms with Crippen LogP contribution in [0.15, 0.2) is 22.9 Å². The van der Waals surface area contributed by atoms with E-state index in [9.17, 15) is 0 Å². The Morgan fingerprint density at radius 3 is 2.77 bits per heavy atom. The van der Waals surface area contributed by atoms with E-state index in [1.165, 1.54) is 19.3 Å². The van der Waals surface area contributed by atoms with Gasteiger partial charge in [-0.2, -0.15) is 0 Å². The molecule has 0 bridgehead atoms. The fourth-order valence-corrected chi connectivity index (χ4v) is 2.06. The summed E-state index contributed by atoms with van der Waals surface area (Å²) in [5.41, 5.74) is 7.26. The minimum atomic E-state index is 0.179. The van der Waals surface area contributed by atoms with Gasteiger partial charge in [0.05, 0.1) is 0 Å². The van der Waals surface area contributed by atoms with Gasteiger partial charge in [0.15, 0.2) is 0 Å². The van der Waals surface area contributed by atoms with E-state index in [1.54, 1.807) is 6.20 Å². The molecule has 3 heteroatoms. The van der Waals surface area contributed by atoms with Crippen molar-refractivity contribution < 1.29 is 0 Å². The van der Waals surface area contributed by atoms with Crippen LogP contribution in [0.5, 0.6) is 0 Å². The van der Waals surface area contributed by atoms with E-state index < -0.39 is 0 Å². The maximum Gasteiger partial charge on any atom is 0.0410 e. The Hall–Kier alpha value is -0.410. The standard InChI is InChI=1S/C10H13BrN2/c11-9-4-8(5-13-6-9)10(12)7-2-1-3-7/h4-7,10H,1-3,12H2. The summed E-state index contributed by atoms with van der Waals surface area (Å²) in [5, 5.41) is 0. The first-order chi connectivity index (χ1) is 6.27. The number of nitrogens with zero attached hydrogens (tertiary/aromatic N) is 1. The second-order valence-corrected chi connectivity index (χ2v) is 4.57. The van der Waals surface area contributed by atoms with E-state index >= 15 is 0 Å². The molecule has 0 spiro atoms. The van der Waals surface area contributed by atoms with Gasteiger partial charge < -0.3 is 5.73 Å². The Kier molecular flexibility index (Phi) is 2.65. The molecule has 0 aliphatic heterocycles. The smallest absolute Gasteiger partial charge is 0.0410 e. The van der Waals surface area contributed by atoms with Gasteiger partial charge in [0.1, 0.15) is 0 Å². The maximum absolute atomic E-state index is 6.11. The Morgan fingerprint density at radius 1 is 1.46 bits per heavy atom. The van der Waals surface area contributed by atoms with Crippen molar-refractivity contribution in [2.45, 2.75) is 25.3 Å². The number of halogens is 1. The van der Waals surface area contributed by atoms with E-state index in [-0.39, 0.29) is 6.04 Å². The largest absolute Gasteiger partial charge is 0.324 e. The molecule has 0 radical (unpaired) electrons. The monoisotopic (exact) mass is 240 g/mol. The number of hydrogen-bond donors (Lipinski definition) is 1. The molecule has 1 aromatic rings. The normalized spacial score (nSPS) is 19.5. The number of pyridine rings is 1. The summed E-state index contributed by atoms with van der Waals surface area (Å²) in [4.78, 5) is 4.12. The van der Waals surface area contributed by atoms with E-state index in [4.69, 9.17) is 5.73 Å². The first-order valence-electron chi connectivity index (χ1n) is 4.63. The third-order valence-electron chi connectivity index (χ3n) is 2.77. The van der Waals surface area contributed by atoms with Gasteiger partial charge in [-0.25, -0.2) is 0 Å². The van der Waals surface area contributed by atoms with Gasteiger partial charge in [-0.3, -0.25) is 4.98 Å². The lowest BCUT2D eigenvalue weighted by molar-refractivity contribution is 0.264. The molecule has 1 atom stereocenters. The van der Waals surface area contributed by atoms with Gasteiger partial charge in [-0.1, -0.05) is 6.42 Å². The van der Waals surface area contributed by atoms with Crippen molar-refractivity contribution in [3.8, 4) is 0 Å². The van der Waals surface area contributed by atoms with Crippen molar-refractivity contribution in [1.82, 2.24) is 4.98 Å². The molecule has 2 nitrogen and oxygen atoms in total. The summed E-state index contributed by atoms with van der Waals surface area (Å²) < 4.78 is 1.01. The van der Waals surface area contributed by atoms with Gasteiger partial charge >= 0.3 is 0 Å². The van der Waals surface area contributed by atoms with E-state index in [2.05, 4.69) is 27.0 Å². The Labute approximate surface area is 86.7 Å². The topological polar surface area (TPSA) is 38.9 Å². The second kappa shape index (κ2) is 3.76. The predicted octanol–water partition coefficient (Wildman–Crippen LogP) is 2.64. The van der Waals surface area contributed by atoms with Crippen molar-refractivity contribution in [2.24, 2.45) is 11.7 Å². The molecular formula is C10H13BrN2. The highest BCUT2D eigenvalue weighted by molar-refractivity contribution is 9.10. The van der Waals surface area contributed by atoms with E-state index in [1.807, 2.05) is 6.20 Å². The highest BCUT2D eigenvalue weighted by Gasteiger charge is 2.25. The van der Waals surface area contributed by atoms with Crippen LogP contribution >= 0.6 is 15.9 Å². The van der Waals surface area contributed by atoms with Gasteiger partial charge in [0.2, 0.25) is 0 Å². The third-order valence-corrected chi connectivity index (χ3v) is 3.20. The van der Waals surface area contributed by atoms with Crippen molar-refractivity contribution in [2.75, 3.05) is 0 Å². The molecule has 1 heterocycles. The Morgan fingerprint density at radius 2 is 2.23 bits per heavy atom. The van der Waals surface area contributed by atoms with Crippen LogP contribution in [0.3, 0.4) is 0 Å². The minimum absolute atomic E-state index is 0.179. The van der Waals surface area contributed by atoms with Crippen molar-refractivity contribution in [3.05, 3.63) is 28.5 Å². The quantitative estimate of drug-likeness (QED) is 0.864. The van der Waals surface area contributed by atoms with Crippen molar-refractivity contribution in [1.29, 1.82) is 0 Å². The van der Waals surface area contributed by atoms with E-state index in [0.717, 1.165) is 10.0 Å². The van der Waals surface area contributed by atoms with Crippen molar-refractivity contribution in [3.63, 3.8) is 0 Å². The van der Waals surface area contributed by atoms with Crippen LogP contribution in [-0.4, -0.2) is 4.98 Å². The van der Waals surface area contributed by atoms with Gasteiger partial charge in [0, 0.05) is 22.9 Å². The number of aromatic nitrogens is 1. The van der Waals surface area contributed by atoms with Crippen LogP contribution in [-0.2, 0) is 0 Å². The zero-order valence-corrected chi connectivity index (χ0v) is 9.00. The lowest BCUT2D eigenvalue weighted by Gasteiger charge is -2.31. The Bertz CT molecular complexity index is 297. The maximum atomic E-state index is 6.11. The zero-order chi connectivity index (χ0) is 9.26. The molecule has 0 saturated heterocycles.